The fourth-order valence-electron chi connectivity index (χ4n) is 16.9. The summed E-state index contributed by atoms with van der Waals surface area (Å²) in [6, 6.07) is 0. The largest absolute Gasteiger partial charge is 0.394 e. The Labute approximate surface area is 385 Å². The predicted octanol–water partition coefficient (Wildman–Crippen LogP) is -1.23. The Kier molecular flexibility index (Phi) is 11.9. The van der Waals surface area contributed by atoms with Crippen molar-refractivity contribution in [3.8, 4) is 0 Å². The van der Waals surface area contributed by atoms with Crippen LogP contribution < -0.4 is 0 Å². The maximum Gasteiger partial charge on any atom is 0.222 e. The topological polar surface area (TPSA) is 296 Å². The zero-order chi connectivity index (χ0) is 47.6. The van der Waals surface area contributed by atoms with E-state index in [2.05, 4.69) is 34.6 Å². The maximum atomic E-state index is 11.9. The summed E-state index contributed by atoms with van der Waals surface area (Å²) in [5.41, 5.74) is -1.24. The minimum Gasteiger partial charge on any atom is -0.394 e. The average Bonchev–Trinajstić information content (AvgIpc) is 3.81. The quantitative estimate of drug-likeness (QED) is 0.127. The zero-order valence-corrected chi connectivity index (χ0v) is 39.2. The summed E-state index contributed by atoms with van der Waals surface area (Å²) < 4.78 is 49.6. The van der Waals surface area contributed by atoms with Crippen LogP contribution in [0.1, 0.15) is 99.8 Å². The highest BCUT2D eigenvalue weighted by Crippen LogP contribution is 2.89. The van der Waals surface area contributed by atoms with E-state index in [9.17, 15) is 56.2 Å². The summed E-state index contributed by atoms with van der Waals surface area (Å²) in [5.74, 6) is -0.893. The molecule has 10 fully saturated rings. The number of aliphatic hydroxyl groups excluding tert-OH is 10. The molecule has 5 aliphatic carbocycles. The first kappa shape index (κ1) is 48.8. The van der Waals surface area contributed by atoms with Gasteiger partial charge in [0, 0.05) is 0 Å². The van der Waals surface area contributed by atoms with Gasteiger partial charge in [-0.2, -0.15) is 0 Å². The highest BCUT2D eigenvalue weighted by atomic mass is 16.8. The van der Waals surface area contributed by atoms with Crippen molar-refractivity contribution in [2.24, 2.45) is 50.7 Å². The Morgan fingerprint density at radius 1 is 0.606 bits per heavy atom. The van der Waals surface area contributed by atoms with Gasteiger partial charge in [0.1, 0.15) is 79.4 Å². The molecule has 19 heteroatoms. The highest BCUT2D eigenvalue weighted by molar-refractivity contribution is 5.32. The van der Waals surface area contributed by atoms with E-state index < -0.39 is 123 Å². The van der Waals surface area contributed by atoms with Crippen molar-refractivity contribution in [3.05, 3.63) is 0 Å². The van der Waals surface area contributed by atoms with Gasteiger partial charge in [-0.25, -0.2) is 0 Å². The van der Waals surface area contributed by atoms with Crippen molar-refractivity contribution in [1.82, 2.24) is 0 Å². The van der Waals surface area contributed by atoms with Crippen LogP contribution in [0.15, 0.2) is 0 Å². The summed E-state index contributed by atoms with van der Waals surface area (Å²) in [6.07, 6.45) is -17.4. The fourth-order valence-corrected chi connectivity index (χ4v) is 16.9. The molecule has 5 aliphatic heterocycles. The number of ether oxygens (including phenoxy) is 8. The molecule has 66 heavy (non-hydrogen) atoms. The Balaban J connectivity index is 0.868. The standard InChI is InChI=1S/C47H76O19/c1-19-27-21(65-47(58)36(19)66-42(4,5)40(47)57)14-44(7)25-9-8-24-41(2,3)26(10-11-45(24)18-46(25,45)13-12-43(27,44)6)62-38-34(28(51)20(50)17-59-38)64-39-35(32(55)30(53)23(16-49)61-39)63-37-33(56)31(54)29(52)22(15-48)60-37/h19-40,48-58H,8-18H2,1-7H3. The molecule has 10 aliphatic rings. The van der Waals surface area contributed by atoms with Crippen LogP contribution in [0.4, 0.5) is 0 Å². The summed E-state index contributed by atoms with van der Waals surface area (Å²) >= 11 is 0. The molecule has 0 bridgehead atoms. The van der Waals surface area contributed by atoms with Crippen LogP contribution in [0.5, 0.6) is 0 Å². The lowest BCUT2D eigenvalue weighted by molar-refractivity contribution is -0.392. The van der Waals surface area contributed by atoms with Gasteiger partial charge < -0.3 is 94.1 Å². The molecule has 0 radical (unpaired) electrons. The molecule has 0 aromatic carbocycles. The number of fused-ring (bicyclic) bond motifs is 5. The van der Waals surface area contributed by atoms with E-state index in [0.29, 0.717) is 12.3 Å². The monoisotopic (exact) mass is 944 g/mol. The lowest BCUT2D eigenvalue weighted by atomic mass is 9.41. The lowest BCUT2D eigenvalue weighted by Gasteiger charge is -2.63. The third kappa shape index (κ3) is 6.56. The van der Waals surface area contributed by atoms with Gasteiger partial charge in [-0.1, -0.05) is 34.6 Å². The second kappa shape index (κ2) is 16.1. The van der Waals surface area contributed by atoms with Crippen molar-refractivity contribution in [3.63, 3.8) is 0 Å². The molecule has 27 atom stereocenters. The first-order chi connectivity index (χ1) is 30.9. The van der Waals surface area contributed by atoms with E-state index in [4.69, 9.17) is 37.9 Å². The summed E-state index contributed by atoms with van der Waals surface area (Å²) in [5, 5.41) is 119. The van der Waals surface area contributed by atoms with Crippen LogP contribution in [-0.4, -0.2) is 198 Å². The molecule has 11 N–H and O–H groups in total. The average molecular weight is 945 g/mol. The predicted molar refractivity (Wildman–Crippen MR) is 224 cm³/mol. The second-order valence-electron chi connectivity index (χ2n) is 23.9. The molecule has 5 heterocycles. The minimum absolute atomic E-state index is 0.0187. The van der Waals surface area contributed by atoms with Gasteiger partial charge in [0.25, 0.3) is 0 Å². The molecule has 27 unspecified atom stereocenters. The number of hydrogen-bond donors (Lipinski definition) is 11. The van der Waals surface area contributed by atoms with E-state index in [-0.39, 0.29) is 63.6 Å². The molecular weight excluding hydrogens is 868 g/mol. The van der Waals surface area contributed by atoms with Crippen LogP contribution in [-0.2, 0) is 37.9 Å². The van der Waals surface area contributed by atoms with Crippen LogP contribution in [0.2, 0.25) is 0 Å². The van der Waals surface area contributed by atoms with Gasteiger partial charge in [-0.05, 0) is 116 Å². The van der Waals surface area contributed by atoms with Crippen molar-refractivity contribution in [2.45, 2.75) is 222 Å². The smallest absolute Gasteiger partial charge is 0.222 e. The van der Waals surface area contributed by atoms with E-state index in [1.54, 1.807) is 0 Å². The fraction of sp³-hybridized carbons (Fsp3) is 1.00. The minimum atomic E-state index is -1.88. The summed E-state index contributed by atoms with van der Waals surface area (Å²) in [6.45, 7) is 13.4. The number of hydrogen-bond acceptors (Lipinski definition) is 19. The van der Waals surface area contributed by atoms with Gasteiger partial charge in [0.05, 0.1) is 37.6 Å². The third-order valence-electron chi connectivity index (χ3n) is 20.3. The zero-order valence-electron chi connectivity index (χ0n) is 39.2. The van der Waals surface area contributed by atoms with E-state index in [0.717, 1.165) is 44.9 Å². The van der Waals surface area contributed by atoms with Gasteiger partial charge >= 0.3 is 0 Å². The molecule has 19 nitrogen and oxygen atoms in total. The molecule has 10 rings (SSSR count). The molecule has 2 spiro atoms. The molecule has 0 aromatic heterocycles. The van der Waals surface area contributed by atoms with E-state index in [1.165, 1.54) is 0 Å². The number of aliphatic hydroxyl groups is 11. The maximum absolute atomic E-state index is 11.9. The number of rotatable bonds is 8. The third-order valence-corrected chi connectivity index (χ3v) is 20.3. The Morgan fingerprint density at radius 3 is 1.89 bits per heavy atom. The van der Waals surface area contributed by atoms with Crippen LogP contribution in [0.25, 0.3) is 0 Å². The Morgan fingerprint density at radius 2 is 1.21 bits per heavy atom. The summed E-state index contributed by atoms with van der Waals surface area (Å²) in [4.78, 5) is 0. The van der Waals surface area contributed by atoms with Crippen LogP contribution >= 0.6 is 0 Å². The van der Waals surface area contributed by atoms with E-state index >= 15 is 0 Å². The summed E-state index contributed by atoms with van der Waals surface area (Å²) in [7, 11) is 0. The van der Waals surface area contributed by atoms with Crippen molar-refractivity contribution in [2.75, 3.05) is 19.8 Å². The molecule has 378 valence electrons. The first-order valence-corrected chi connectivity index (χ1v) is 24.5. The normalized spacial score (nSPS) is 60.3. The Bertz CT molecular complexity index is 1820. The molecular formula is C47H76O19. The van der Waals surface area contributed by atoms with Crippen LogP contribution in [0.3, 0.4) is 0 Å². The second-order valence-corrected chi connectivity index (χ2v) is 23.9. The van der Waals surface area contributed by atoms with Gasteiger partial charge in [0.2, 0.25) is 5.79 Å². The van der Waals surface area contributed by atoms with Crippen molar-refractivity contribution < 1.29 is 94.1 Å². The SMILES string of the molecule is CC1C2OC(C)(C)C(O)C2(O)OC2CC3(C)C4CCC5C(C)(C)C(OC6OCC(O)C(O)C6OC6OC(CO)C(O)C(O)C6OC6OC(CO)C(O)C(O)C6O)CCC56CC46CCC3(C)C21. The van der Waals surface area contributed by atoms with Crippen LogP contribution in [0, 0.1) is 50.7 Å². The van der Waals surface area contributed by atoms with E-state index in [1.807, 2.05) is 13.8 Å². The van der Waals surface area contributed by atoms with Gasteiger partial charge in [0.15, 0.2) is 18.9 Å². The molecule has 5 saturated carbocycles. The van der Waals surface area contributed by atoms with Gasteiger partial charge in [-0.15, -0.1) is 0 Å². The highest BCUT2D eigenvalue weighted by Gasteiger charge is 2.84. The van der Waals surface area contributed by atoms with Crippen molar-refractivity contribution in [1.29, 1.82) is 0 Å². The molecule has 0 amide bonds. The first-order valence-electron chi connectivity index (χ1n) is 24.5. The van der Waals surface area contributed by atoms with Crippen molar-refractivity contribution >= 4 is 0 Å². The lowest BCUT2D eigenvalue weighted by Crippen LogP contribution is -2.66. The molecule has 5 saturated heterocycles. The Hall–Kier alpha value is -0.760. The molecule has 0 aromatic rings. The van der Waals surface area contributed by atoms with Gasteiger partial charge in [-0.3, -0.25) is 0 Å².